The van der Waals surface area contributed by atoms with Crippen LogP contribution in [0, 0.1) is 12.7 Å². The number of rotatable bonds is 3. The Kier molecular flexibility index (Phi) is 3.86. The van der Waals surface area contributed by atoms with Crippen LogP contribution >= 0.6 is 11.6 Å². The van der Waals surface area contributed by atoms with Crippen molar-refractivity contribution < 1.29 is 9.18 Å². The maximum absolute atomic E-state index is 13.0. The molecule has 0 spiro atoms. The molecule has 0 saturated heterocycles. The Morgan fingerprint density at radius 1 is 1.26 bits per heavy atom. The van der Waals surface area contributed by atoms with Crippen LogP contribution in [-0.2, 0) is 6.42 Å². The molecule has 0 atom stereocenters. The van der Waals surface area contributed by atoms with Crippen molar-refractivity contribution in [3.8, 4) is 0 Å². The lowest BCUT2D eigenvalue weighted by Crippen LogP contribution is -2.06. The monoisotopic (exact) mass is 277 g/mol. The number of Topliss-reactive ketones (excluding diaryl/α,β-unsaturated/α-hetero) is 1. The van der Waals surface area contributed by atoms with Crippen LogP contribution in [0.2, 0.25) is 5.02 Å². The zero-order valence-corrected chi connectivity index (χ0v) is 11.2. The van der Waals surface area contributed by atoms with Crippen molar-refractivity contribution in [3.05, 3.63) is 63.9 Å². The summed E-state index contributed by atoms with van der Waals surface area (Å²) in [4.78, 5) is 12.1. The van der Waals surface area contributed by atoms with Crippen molar-refractivity contribution in [2.45, 2.75) is 13.3 Å². The summed E-state index contributed by atoms with van der Waals surface area (Å²) >= 11 is 5.87. The fourth-order valence-electron chi connectivity index (χ4n) is 1.91. The predicted octanol–water partition coefficient (Wildman–Crippen LogP) is 3.80. The topological polar surface area (TPSA) is 43.1 Å². The third-order valence-corrected chi connectivity index (χ3v) is 3.12. The normalized spacial score (nSPS) is 10.5. The Morgan fingerprint density at radius 3 is 2.63 bits per heavy atom. The van der Waals surface area contributed by atoms with E-state index >= 15 is 0 Å². The first-order chi connectivity index (χ1) is 8.95. The van der Waals surface area contributed by atoms with Crippen LogP contribution in [0.5, 0.6) is 0 Å². The van der Waals surface area contributed by atoms with E-state index in [-0.39, 0.29) is 18.0 Å². The van der Waals surface area contributed by atoms with Crippen LogP contribution in [-0.4, -0.2) is 5.78 Å². The van der Waals surface area contributed by atoms with Gasteiger partial charge in [-0.15, -0.1) is 0 Å². The largest absolute Gasteiger partial charge is 0.399 e. The smallest absolute Gasteiger partial charge is 0.167 e. The van der Waals surface area contributed by atoms with Crippen LogP contribution in [0.4, 0.5) is 10.1 Å². The maximum Gasteiger partial charge on any atom is 0.167 e. The second kappa shape index (κ2) is 5.41. The molecule has 0 aromatic heterocycles. The van der Waals surface area contributed by atoms with Gasteiger partial charge in [0.2, 0.25) is 0 Å². The number of hydrogen-bond donors (Lipinski definition) is 1. The van der Waals surface area contributed by atoms with Gasteiger partial charge in [-0.25, -0.2) is 4.39 Å². The molecule has 2 rings (SSSR count). The van der Waals surface area contributed by atoms with Gasteiger partial charge < -0.3 is 5.73 Å². The highest BCUT2D eigenvalue weighted by Gasteiger charge is 2.10. The van der Waals surface area contributed by atoms with Gasteiger partial charge in [0, 0.05) is 22.7 Å². The van der Waals surface area contributed by atoms with Gasteiger partial charge in [0.05, 0.1) is 0 Å². The first-order valence-corrected chi connectivity index (χ1v) is 6.18. The van der Waals surface area contributed by atoms with Gasteiger partial charge >= 0.3 is 0 Å². The van der Waals surface area contributed by atoms with Crippen LogP contribution in [0.25, 0.3) is 0 Å². The Morgan fingerprint density at radius 2 is 2.00 bits per heavy atom. The number of nitrogens with two attached hydrogens (primary N) is 1. The molecular formula is C15H13ClFNO. The zero-order valence-electron chi connectivity index (χ0n) is 10.4. The SMILES string of the molecule is Cc1cc(F)ccc1CC(=O)c1cc(N)cc(Cl)c1. The van der Waals surface area contributed by atoms with E-state index in [2.05, 4.69) is 0 Å². The summed E-state index contributed by atoms with van der Waals surface area (Å²) < 4.78 is 13.0. The number of hydrogen-bond acceptors (Lipinski definition) is 2. The van der Waals surface area contributed by atoms with Crippen LogP contribution in [0.1, 0.15) is 21.5 Å². The molecule has 0 fully saturated rings. The molecule has 0 saturated carbocycles. The molecular weight excluding hydrogens is 265 g/mol. The summed E-state index contributed by atoms with van der Waals surface area (Å²) in [5.74, 6) is -0.399. The summed E-state index contributed by atoms with van der Waals surface area (Å²) in [6.07, 6.45) is 0.200. The number of ketones is 1. The molecule has 2 aromatic carbocycles. The second-order valence-electron chi connectivity index (χ2n) is 4.44. The van der Waals surface area contributed by atoms with Crippen LogP contribution < -0.4 is 5.73 Å². The summed E-state index contributed by atoms with van der Waals surface area (Å²) in [6.45, 7) is 1.78. The van der Waals surface area contributed by atoms with Crippen molar-refractivity contribution in [2.24, 2.45) is 0 Å². The third-order valence-electron chi connectivity index (χ3n) is 2.90. The van der Waals surface area contributed by atoms with E-state index in [1.165, 1.54) is 12.1 Å². The maximum atomic E-state index is 13.0. The standard InChI is InChI=1S/C15H13ClFNO/c1-9-4-13(17)3-2-10(9)7-15(19)11-5-12(16)8-14(18)6-11/h2-6,8H,7,18H2,1H3. The number of anilines is 1. The first kappa shape index (κ1) is 13.6. The highest BCUT2D eigenvalue weighted by Crippen LogP contribution is 2.19. The zero-order chi connectivity index (χ0) is 14.0. The van der Waals surface area contributed by atoms with Gasteiger partial charge in [-0.3, -0.25) is 4.79 Å². The van der Waals surface area contributed by atoms with Crippen molar-refractivity contribution in [3.63, 3.8) is 0 Å². The van der Waals surface area contributed by atoms with Crippen LogP contribution in [0.3, 0.4) is 0 Å². The molecule has 0 bridgehead atoms. The molecule has 0 aliphatic rings. The molecule has 2 nitrogen and oxygen atoms in total. The van der Waals surface area contributed by atoms with Crippen molar-refractivity contribution in [2.75, 3.05) is 5.73 Å². The summed E-state index contributed by atoms with van der Waals surface area (Å²) in [5, 5.41) is 0.430. The molecule has 0 amide bonds. The van der Waals surface area contributed by atoms with Gasteiger partial charge in [-0.1, -0.05) is 17.7 Å². The first-order valence-electron chi connectivity index (χ1n) is 5.80. The Hall–Kier alpha value is -1.87. The van der Waals surface area contributed by atoms with E-state index in [1.54, 1.807) is 31.2 Å². The number of nitrogen functional groups attached to an aromatic ring is 1. The minimum Gasteiger partial charge on any atom is -0.399 e. The fourth-order valence-corrected chi connectivity index (χ4v) is 2.15. The lowest BCUT2D eigenvalue weighted by atomic mass is 9.99. The molecule has 4 heteroatoms. The summed E-state index contributed by atoms with van der Waals surface area (Å²) in [6, 6.07) is 9.14. The van der Waals surface area contributed by atoms with E-state index < -0.39 is 0 Å². The van der Waals surface area contributed by atoms with E-state index in [0.29, 0.717) is 16.3 Å². The average molecular weight is 278 g/mol. The average Bonchev–Trinajstić information content (AvgIpc) is 2.31. The number of carbonyl (C=O) groups is 1. The Labute approximate surface area is 116 Å². The second-order valence-corrected chi connectivity index (χ2v) is 4.88. The Balaban J connectivity index is 2.25. The number of carbonyl (C=O) groups excluding carboxylic acids is 1. The van der Waals surface area contributed by atoms with Gasteiger partial charge in [-0.2, -0.15) is 0 Å². The molecule has 0 unspecified atom stereocenters. The molecule has 98 valence electrons. The number of aryl methyl sites for hydroxylation is 1. The van der Waals surface area contributed by atoms with Gasteiger partial charge in [0.1, 0.15) is 5.82 Å². The lowest BCUT2D eigenvalue weighted by Gasteiger charge is -2.06. The molecule has 0 aliphatic carbocycles. The molecule has 2 N–H and O–H groups in total. The summed E-state index contributed by atoms with van der Waals surface area (Å²) in [7, 11) is 0. The minimum absolute atomic E-state index is 0.0936. The number of halogens is 2. The lowest BCUT2D eigenvalue weighted by molar-refractivity contribution is 0.0992. The quantitative estimate of drug-likeness (QED) is 0.685. The van der Waals surface area contributed by atoms with Gasteiger partial charge in [0.25, 0.3) is 0 Å². The highest BCUT2D eigenvalue weighted by molar-refractivity contribution is 6.31. The predicted molar refractivity (Wildman–Crippen MR) is 75.0 cm³/mol. The highest BCUT2D eigenvalue weighted by atomic mass is 35.5. The Bertz CT molecular complexity index is 620. The van der Waals surface area contributed by atoms with E-state index in [4.69, 9.17) is 17.3 Å². The van der Waals surface area contributed by atoms with Crippen LogP contribution in [0.15, 0.2) is 36.4 Å². The summed E-state index contributed by atoms with van der Waals surface area (Å²) in [5.41, 5.74) is 8.12. The fraction of sp³-hybridized carbons (Fsp3) is 0.133. The molecule has 0 radical (unpaired) electrons. The van der Waals surface area contributed by atoms with E-state index in [0.717, 1.165) is 11.1 Å². The minimum atomic E-state index is -0.305. The van der Waals surface area contributed by atoms with Gasteiger partial charge in [-0.05, 0) is 48.4 Å². The molecule has 0 heterocycles. The van der Waals surface area contributed by atoms with Gasteiger partial charge in [0.15, 0.2) is 5.78 Å². The van der Waals surface area contributed by atoms with E-state index in [9.17, 15) is 9.18 Å². The van der Waals surface area contributed by atoms with Crippen molar-refractivity contribution >= 4 is 23.1 Å². The van der Waals surface area contributed by atoms with Crippen molar-refractivity contribution in [1.82, 2.24) is 0 Å². The van der Waals surface area contributed by atoms with Crippen molar-refractivity contribution in [1.29, 1.82) is 0 Å². The molecule has 0 aliphatic heterocycles. The molecule has 2 aromatic rings. The number of benzene rings is 2. The third kappa shape index (κ3) is 3.32. The van der Waals surface area contributed by atoms with E-state index in [1.807, 2.05) is 0 Å². The molecule has 19 heavy (non-hydrogen) atoms.